The van der Waals surface area contributed by atoms with Gasteiger partial charge in [-0.1, -0.05) is 41.9 Å². The van der Waals surface area contributed by atoms with Crippen LogP contribution in [0.1, 0.15) is 57.4 Å². The van der Waals surface area contributed by atoms with Gasteiger partial charge in [0, 0.05) is 39.1 Å². The first kappa shape index (κ1) is 30.9. The monoisotopic (exact) mass is 576 g/mol. The first-order valence-corrected chi connectivity index (χ1v) is 13.2. The highest BCUT2D eigenvalue weighted by molar-refractivity contribution is 6.31. The zero-order chi connectivity index (χ0) is 29.4. The van der Waals surface area contributed by atoms with Crippen LogP contribution in [0.5, 0.6) is 5.75 Å². The highest BCUT2D eigenvalue weighted by Gasteiger charge is 2.52. The second kappa shape index (κ2) is 14.1. The Balaban J connectivity index is 2.08. The molecule has 2 aromatic rings. The third kappa shape index (κ3) is 8.19. The minimum Gasteiger partial charge on any atom is -0.494 e. The number of esters is 4. The zero-order valence-corrected chi connectivity index (χ0v) is 23.8. The molecule has 0 saturated carbocycles. The quantitative estimate of drug-likeness (QED) is 0.301. The van der Waals surface area contributed by atoms with Gasteiger partial charge in [0.25, 0.3) is 0 Å². The van der Waals surface area contributed by atoms with Crippen molar-refractivity contribution in [2.75, 3.05) is 13.2 Å². The molecule has 0 amide bonds. The number of carbonyl (C=O) groups excluding carboxylic acids is 4. The van der Waals surface area contributed by atoms with Gasteiger partial charge < -0.3 is 28.4 Å². The Labute approximate surface area is 237 Å². The number of benzene rings is 2. The van der Waals surface area contributed by atoms with Crippen molar-refractivity contribution in [3.8, 4) is 5.75 Å². The Kier molecular flexibility index (Phi) is 10.9. The van der Waals surface area contributed by atoms with Gasteiger partial charge in [0.05, 0.1) is 6.61 Å². The number of rotatable bonds is 10. The van der Waals surface area contributed by atoms with Crippen LogP contribution < -0.4 is 4.74 Å². The van der Waals surface area contributed by atoms with Gasteiger partial charge in [0.15, 0.2) is 18.3 Å². The van der Waals surface area contributed by atoms with Gasteiger partial charge in [-0.05, 0) is 35.7 Å². The summed E-state index contributed by atoms with van der Waals surface area (Å²) < 4.78 is 33.8. The Bertz CT molecular complexity index is 1230. The van der Waals surface area contributed by atoms with Gasteiger partial charge in [-0.15, -0.1) is 0 Å². The van der Waals surface area contributed by atoms with Gasteiger partial charge in [-0.25, -0.2) is 0 Å². The van der Waals surface area contributed by atoms with Gasteiger partial charge in [0.2, 0.25) is 0 Å². The van der Waals surface area contributed by atoms with Crippen molar-refractivity contribution in [1.82, 2.24) is 0 Å². The summed E-state index contributed by atoms with van der Waals surface area (Å²) in [7, 11) is 0. The average molecular weight is 577 g/mol. The highest BCUT2D eigenvalue weighted by atomic mass is 35.5. The summed E-state index contributed by atoms with van der Waals surface area (Å²) in [6, 6.07) is 12.8. The molecule has 0 N–H and O–H groups in total. The first-order valence-electron chi connectivity index (χ1n) is 12.8. The molecule has 1 aliphatic heterocycles. The topological polar surface area (TPSA) is 124 Å². The van der Waals surface area contributed by atoms with E-state index in [1.807, 2.05) is 31.2 Å². The number of carbonyl (C=O) groups is 4. The van der Waals surface area contributed by atoms with E-state index in [1.165, 1.54) is 27.7 Å². The van der Waals surface area contributed by atoms with E-state index in [4.69, 9.17) is 40.0 Å². The smallest absolute Gasteiger partial charge is 0.303 e. The van der Waals surface area contributed by atoms with Crippen molar-refractivity contribution in [2.45, 2.75) is 71.6 Å². The lowest BCUT2D eigenvalue weighted by Crippen LogP contribution is -2.59. The van der Waals surface area contributed by atoms with E-state index in [0.29, 0.717) is 23.6 Å². The van der Waals surface area contributed by atoms with Gasteiger partial charge in [-0.2, -0.15) is 0 Å². The van der Waals surface area contributed by atoms with Crippen molar-refractivity contribution < 1.29 is 47.6 Å². The molecule has 40 heavy (non-hydrogen) atoms. The fourth-order valence-electron chi connectivity index (χ4n) is 4.56. The van der Waals surface area contributed by atoms with Crippen LogP contribution >= 0.6 is 11.6 Å². The molecular formula is C29H33ClO10. The summed E-state index contributed by atoms with van der Waals surface area (Å²) in [5.41, 5.74) is 2.19. The first-order chi connectivity index (χ1) is 19.0. The Morgan fingerprint density at radius 2 is 1.43 bits per heavy atom. The lowest BCUT2D eigenvalue weighted by Gasteiger charge is -2.44. The highest BCUT2D eigenvalue weighted by Crippen LogP contribution is 2.39. The number of ether oxygens (including phenoxy) is 6. The molecule has 2 aromatic carbocycles. The second-order valence-electron chi connectivity index (χ2n) is 9.19. The Morgan fingerprint density at radius 3 is 2.05 bits per heavy atom. The number of para-hydroxylation sites is 1. The standard InChI is InChI=1S/C29H33ClO10/c1-6-35-24-10-8-7-9-20(24)13-22-14-21(11-12-23(22)30)26-28(38-18(4)33)29(39-19(5)34)27(37-17(3)32)25(40-26)15-36-16(2)31/h7-12,14,25-29H,6,13,15H2,1-5H3/t25-,26?,27-,28+,29+/m1/s1. The van der Waals surface area contributed by atoms with Crippen LogP contribution in [0.4, 0.5) is 0 Å². The Morgan fingerprint density at radius 1 is 0.800 bits per heavy atom. The molecule has 216 valence electrons. The molecule has 0 radical (unpaired) electrons. The molecule has 0 aromatic heterocycles. The van der Waals surface area contributed by atoms with Crippen molar-refractivity contribution >= 4 is 35.5 Å². The molecule has 0 aliphatic carbocycles. The summed E-state index contributed by atoms with van der Waals surface area (Å²) in [5, 5.41) is 0.487. The van der Waals surface area contributed by atoms with E-state index in [2.05, 4.69) is 0 Å². The maximum atomic E-state index is 12.2. The number of halogens is 1. The van der Waals surface area contributed by atoms with Gasteiger partial charge in [-0.3, -0.25) is 19.2 Å². The fraction of sp³-hybridized carbons (Fsp3) is 0.448. The summed E-state index contributed by atoms with van der Waals surface area (Å²) in [4.78, 5) is 47.9. The van der Waals surface area contributed by atoms with E-state index in [9.17, 15) is 19.2 Å². The maximum absolute atomic E-state index is 12.2. The van der Waals surface area contributed by atoms with Crippen LogP contribution in [0.2, 0.25) is 5.02 Å². The molecular weight excluding hydrogens is 544 g/mol. The van der Waals surface area contributed by atoms with Crippen molar-refractivity contribution in [3.05, 3.63) is 64.2 Å². The lowest BCUT2D eigenvalue weighted by atomic mass is 9.89. The van der Waals surface area contributed by atoms with E-state index < -0.39 is 54.4 Å². The average Bonchev–Trinajstić information content (AvgIpc) is 2.87. The van der Waals surface area contributed by atoms with Crippen LogP contribution in [0.15, 0.2) is 42.5 Å². The molecule has 1 aliphatic rings. The minimum absolute atomic E-state index is 0.309. The van der Waals surface area contributed by atoms with E-state index in [0.717, 1.165) is 16.9 Å². The summed E-state index contributed by atoms with van der Waals surface area (Å²) in [6.45, 7) is 6.86. The third-order valence-electron chi connectivity index (χ3n) is 6.04. The second-order valence-corrected chi connectivity index (χ2v) is 9.60. The molecule has 1 fully saturated rings. The molecule has 0 spiro atoms. The van der Waals surface area contributed by atoms with Gasteiger partial charge >= 0.3 is 23.9 Å². The largest absolute Gasteiger partial charge is 0.494 e. The molecule has 5 atom stereocenters. The van der Waals surface area contributed by atoms with Crippen LogP contribution in [0.3, 0.4) is 0 Å². The molecule has 1 heterocycles. The predicted molar refractivity (Wildman–Crippen MR) is 143 cm³/mol. The van der Waals surface area contributed by atoms with E-state index in [1.54, 1.807) is 18.2 Å². The lowest BCUT2D eigenvalue weighted by molar-refractivity contribution is -0.254. The number of hydrogen-bond acceptors (Lipinski definition) is 10. The molecule has 1 unspecified atom stereocenters. The van der Waals surface area contributed by atoms with Gasteiger partial charge in [0.1, 0.15) is 24.6 Å². The van der Waals surface area contributed by atoms with Crippen LogP contribution in [0, 0.1) is 0 Å². The minimum atomic E-state index is -1.26. The van der Waals surface area contributed by atoms with Crippen molar-refractivity contribution in [3.63, 3.8) is 0 Å². The Hall–Kier alpha value is -3.63. The molecule has 10 nitrogen and oxygen atoms in total. The summed E-state index contributed by atoms with van der Waals surface area (Å²) >= 11 is 6.58. The molecule has 1 saturated heterocycles. The predicted octanol–water partition coefficient (Wildman–Crippen LogP) is 4.13. The SMILES string of the molecule is CCOc1ccccc1Cc1cc(C2O[C@H](COC(C)=O)[C@@H](OC(C)=O)[C@H](OC(C)=O)[C@H]2OC(C)=O)ccc1Cl. The molecule has 0 bridgehead atoms. The van der Waals surface area contributed by atoms with Crippen LogP contribution in [-0.2, 0) is 49.3 Å². The zero-order valence-electron chi connectivity index (χ0n) is 23.0. The van der Waals surface area contributed by atoms with E-state index in [-0.39, 0.29) is 6.61 Å². The van der Waals surface area contributed by atoms with Crippen LogP contribution in [-0.4, -0.2) is 61.5 Å². The maximum Gasteiger partial charge on any atom is 0.303 e. The summed E-state index contributed by atoms with van der Waals surface area (Å²) in [5.74, 6) is -1.93. The van der Waals surface area contributed by atoms with Crippen molar-refractivity contribution in [2.24, 2.45) is 0 Å². The molecule has 3 rings (SSSR count). The van der Waals surface area contributed by atoms with E-state index >= 15 is 0 Å². The fourth-order valence-corrected chi connectivity index (χ4v) is 4.74. The molecule has 11 heteroatoms. The van der Waals surface area contributed by atoms with Crippen LogP contribution in [0.25, 0.3) is 0 Å². The summed E-state index contributed by atoms with van der Waals surface area (Å²) in [6.07, 6.45) is -5.32. The number of hydrogen-bond donors (Lipinski definition) is 0. The normalized spacial score (nSPS) is 22.1. The van der Waals surface area contributed by atoms with Crippen molar-refractivity contribution in [1.29, 1.82) is 0 Å². The third-order valence-corrected chi connectivity index (χ3v) is 6.41.